The van der Waals surface area contributed by atoms with E-state index in [9.17, 15) is 13.2 Å². The van der Waals surface area contributed by atoms with Crippen LogP contribution in [0.3, 0.4) is 0 Å². The van der Waals surface area contributed by atoms with E-state index in [1.54, 1.807) is 55.5 Å². The summed E-state index contributed by atoms with van der Waals surface area (Å²) in [4.78, 5) is 12.3. The van der Waals surface area contributed by atoms with Gasteiger partial charge in [-0.2, -0.15) is 0 Å². The van der Waals surface area contributed by atoms with E-state index in [-0.39, 0.29) is 17.9 Å². The molecule has 5 nitrogen and oxygen atoms in total. The maximum Gasteiger partial charge on any atom is 0.310 e. The lowest BCUT2D eigenvalue weighted by atomic mass is 10.1. The molecule has 0 radical (unpaired) electrons. The van der Waals surface area contributed by atoms with E-state index in [1.165, 1.54) is 10.2 Å². The molecule has 0 aliphatic heterocycles. The molecule has 6 heteroatoms. The number of aromatic nitrogens is 1. The average Bonchev–Trinajstić information content (AvgIpc) is 3.00. The molecule has 0 spiro atoms. The third-order valence-corrected chi connectivity index (χ3v) is 5.56. The summed E-state index contributed by atoms with van der Waals surface area (Å²) in [5.74, 6) is -0.423. The van der Waals surface area contributed by atoms with Crippen molar-refractivity contribution in [3.63, 3.8) is 0 Å². The third-order valence-electron chi connectivity index (χ3n) is 3.87. The molecular weight excluding hydrogens is 350 g/mol. The van der Waals surface area contributed by atoms with Gasteiger partial charge in [0.15, 0.2) is 0 Å². The van der Waals surface area contributed by atoms with Crippen molar-refractivity contribution in [2.45, 2.75) is 18.2 Å². The molecule has 0 aliphatic rings. The first kappa shape index (κ1) is 17.9. The number of carbonyl (C=O) groups is 1. The molecule has 3 rings (SSSR count). The highest BCUT2D eigenvalue weighted by molar-refractivity contribution is 7.90. The predicted octanol–water partition coefficient (Wildman–Crippen LogP) is 3.54. The van der Waals surface area contributed by atoms with Crippen molar-refractivity contribution in [1.29, 1.82) is 0 Å². The van der Waals surface area contributed by atoms with Crippen LogP contribution in [-0.4, -0.2) is 25.0 Å². The van der Waals surface area contributed by atoms with Crippen LogP contribution in [0.5, 0.6) is 0 Å². The van der Waals surface area contributed by atoms with E-state index in [1.807, 2.05) is 6.07 Å². The Bertz CT molecular complexity index is 1070. The van der Waals surface area contributed by atoms with E-state index in [0.29, 0.717) is 16.5 Å². The van der Waals surface area contributed by atoms with Crippen molar-refractivity contribution in [3.8, 4) is 0 Å². The highest BCUT2D eigenvalue weighted by atomic mass is 32.2. The van der Waals surface area contributed by atoms with Gasteiger partial charge in [0, 0.05) is 11.6 Å². The topological polar surface area (TPSA) is 65.4 Å². The van der Waals surface area contributed by atoms with Crippen LogP contribution in [0, 0.1) is 0 Å². The fourth-order valence-corrected chi connectivity index (χ4v) is 4.09. The van der Waals surface area contributed by atoms with Gasteiger partial charge in [-0.3, -0.25) is 4.79 Å². The predicted molar refractivity (Wildman–Crippen MR) is 100 cm³/mol. The third kappa shape index (κ3) is 3.55. The molecule has 0 unspecified atom stereocenters. The highest BCUT2D eigenvalue weighted by Gasteiger charge is 2.22. The molecule has 0 bridgehead atoms. The summed E-state index contributed by atoms with van der Waals surface area (Å²) in [6.07, 6.45) is 1.49. The first-order chi connectivity index (χ1) is 12.4. The van der Waals surface area contributed by atoms with Gasteiger partial charge in [-0.25, -0.2) is 12.4 Å². The molecule has 1 heterocycles. The first-order valence-corrected chi connectivity index (χ1v) is 9.53. The first-order valence-electron chi connectivity index (χ1n) is 8.09. The summed E-state index contributed by atoms with van der Waals surface area (Å²) in [7, 11) is -3.76. The normalized spacial score (nSPS) is 11.4. The number of esters is 1. The van der Waals surface area contributed by atoms with Crippen LogP contribution in [-0.2, 0) is 26.0 Å². The quantitative estimate of drug-likeness (QED) is 0.492. The Morgan fingerprint density at radius 2 is 1.73 bits per heavy atom. The number of para-hydroxylation sites is 1. The van der Waals surface area contributed by atoms with Gasteiger partial charge in [-0.1, -0.05) is 43.0 Å². The van der Waals surface area contributed by atoms with Crippen LogP contribution in [0.4, 0.5) is 0 Å². The average molecular weight is 369 g/mol. The van der Waals surface area contributed by atoms with Crippen LogP contribution >= 0.6 is 0 Å². The maximum atomic E-state index is 13.0. The second-order valence-corrected chi connectivity index (χ2v) is 7.89. The Hall–Kier alpha value is -2.86. The summed E-state index contributed by atoms with van der Waals surface area (Å²) >= 11 is 0. The molecule has 0 fully saturated rings. The maximum absolute atomic E-state index is 13.0. The van der Waals surface area contributed by atoms with Crippen LogP contribution in [0.1, 0.15) is 12.5 Å². The lowest BCUT2D eigenvalue weighted by Crippen LogP contribution is -2.12. The Labute approximate surface area is 152 Å². The fraction of sp³-hybridized carbons (Fsp3) is 0.150. The van der Waals surface area contributed by atoms with E-state index < -0.39 is 16.0 Å². The van der Waals surface area contributed by atoms with Gasteiger partial charge in [0.05, 0.1) is 16.8 Å². The minimum atomic E-state index is -3.76. The van der Waals surface area contributed by atoms with Crippen molar-refractivity contribution in [2.24, 2.45) is 0 Å². The monoisotopic (exact) mass is 369 g/mol. The Morgan fingerprint density at radius 3 is 2.42 bits per heavy atom. The zero-order valence-electron chi connectivity index (χ0n) is 14.4. The van der Waals surface area contributed by atoms with E-state index in [2.05, 4.69) is 6.58 Å². The van der Waals surface area contributed by atoms with Crippen molar-refractivity contribution in [3.05, 3.63) is 78.5 Å². The summed E-state index contributed by atoms with van der Waals surface area (Å²) in [5.41, 5.74) is 1.87. The zero-order chi connectivity index (χ0) is 18.7. The van der Waals surface area contributed by atoms with Gasteiger partial charge in [0.25, 0.3) is 10.0 Å². The lowest BCUT2D eigenvalue weighted by molar-refractivity contribution is -0.141. The second-order valence-electron chi connectivity index (χ2n) is 6.08. The second kappa shape index (κ2) is 7.17. The molecule has 3 aromatic rings. The molecule has 134 valence electrons. The summed E-state index contributed by atoms with van der Waals surface area (Å²) in [6.45, 7) is 5.62. The van der Waals surface area contributed by atoms with E-state index in [0.717, 1.165) is 5.57 Å². The molecule has 0 N–H and O–H groups in total. The fourth-order valence-electron chi connectivity index (χ4n) is 2.67. The molecule has 0 saturated heterocycles. The van der Waals surface area contributed by atoms with E-state index >= 15 is 0 Å². The minimum Gasteiger partial charge on any atom is -0.461 e. The Balaban J connectivity index is 2.03. The van der Waals surface area contributed by atoms with Crippen molar-refractivity contribution < 1.29 is 17.9 Å². The number of rotatable bonds is 6. The van der Waals surface area contributed by atoms with Gasteiger partial charge in [-0.15, -0.1) is 0 Å². The van der Waals surface area contributed by atoms with Crippen molar-refractivity contribution in [1.82, 2.24) is 3.97 Å². The Morgan fingerprint density at radius 1 is 1.08 bits per heavy atom. The van der Waals surface area contributed by atoms with Crippen LogP contribution in [0.25, 0.3) is 10.9 Å². The SMILES string of the molecule is C=C(C)COC(=O)Cc1cn(S(=O)(=O)c2ccccc2)c2ccccc12. The zero-order valence-corrected chi connectivity index (χ0v) is 15.2. The van der Waals surface area contributed by atoms with Crippen LogP contribution in [0.15, 0.2) is 77.8 Å². The van der Waals surface area contributed by atoms with Crippen molar-refractivity contribution in [2.75, 3.05) is 6.61 Å². The summed E-state index contributed by atoms with van der Waals surface area (Å²) in [5, 5.41) is 0.708. The molecule has 1 aromatic heterocycles. The number of hydrogen-bond donors (Lipinski definition) is 0. The molecule has 0 amide bonds. The molecule has 26 heavy (non-hydrogen) atoms. The molecular formula is C20H19NO4S. The number of ether oxygens (including phenoxy) is 1. The number of fused-ring (bicyclic) bond motifs is 1. The van der Waals surface area contributed by atoms with Gasteiger partial charge in [-0.05, 0) is 36.3 Å². The number of hydrogen-bond acceptors (Lipinski definition) is 4. The van der Waals surface area contributed by atoms with Gasteiger partial charge < -0.3 is 4.74 Å². The molecule has 0 atom stereocenters. The molecule has 0 aliphatic carbocycles. The van der Waals surface area contributed by atoms with Crippen molar-refractivity contribution >= 4 is 26.9 Å². The lowest BCUT2D eigenvalue weighted by Gasteiger charge is -2.07. The largest absolute Gasteiger partial charge is 0.461 e. The molecule has 0 saturated carbocycles. The van der Waals surface area contributed by atoms with Gasteiger partial charge in [0.1, 0.15) is 6.61 Å². The number of benzene rings is 2. The van der Waals surface area contributed by atoms with Gasteiger partial charge >= 0.3 is 5.97 Å². The van der Waals surface area contributed by atoms with Crippen LogP contribution < -0.4 is 0 Å². The number of nitrogens with zero attached hydrogens (tertiary/aromatic N) is 1. The van der Waals surface area contributed by atoms with Gasteiger partial charge in [0.2, 0.25) is 0 Å². The Kier molecular flexibility index (Phi) is 4.95. The van der Waals surface area contributed by atoms with E-state index in [4.69, 9.17) is 4.74 Å². The summed E-state index contributed by atoms with van der Waals surface area (Å²) in [6, 6.07) is 15.3. The smallest absolute Gasteiger partial charge is 0.310 e. The number of carbonyl (C=O) groups excluding carboxylic acids is 1. The molecule has 2 aromatic carbocycles. The summed E-state index contributed by atoms with van der Waals surface area (Å²) < 4.78 is 32.4. The minimum absolute atomic E-state index is 0.00883. The standard InChI is InChI=1S/C20H19NO4S/c1-15(2)14-25-20(22)12-16-13-21(19-11-7-6-10-18(16)19)26(23,24)17-8-4-3-5-9-17/h3-11,13H,1,12,14H2,2H3. The highest BCUT2D eigenvalue weighted by Crippen LogP contribution is 2.26. The van der Waals surface area contributed by atoms with Crippen LogP contribution in [0.2, 0.25) is 0 Å².